The van der Waals surface area contributed by atoms with Crippen LogP contribution in [0.5, 0.6) is 11.5 Å². The second kappa shape index (κ2) is 13.3. The van der Waals surface area contributed by atoms with Gasteiger partial charge in [0, 0.05) is 0 Å². The summed E-state index contributed by atoms with van der Waals surface area (Å²) in [6.07, 6.45) is 6.37. The molecule has 0 radical (unpaired) electrons. The van der Waals surface area contributed by atoms with Crippen LogP contribution in [0.1, 0.15) is 50.7 Å². The molecule has 0 N–H and O–H groups in total. The maximum Gasteiger partial charge on any atom is 2.00 e. The predicted molar refractivity (Wildman–Crippen MR) is 94.8 cm³/mol. The SMILES string of the molecule is CCCCc1ccccc1[O-].CCCCc1ccccc1[O-].[Mg+2]. The van der Waals surface area contributed by atoms with Gasteiger partial charge in [0.2, 0.25) is 0 Å². The molecule has 0 heterocycles. The minimum Gasteiger partial charge on any atom is -0.872 e. The Morgan fingerprint density at radius 2 is 1.00 bits per heavy atom. The molecule has 0 bridgehead atoms. The van der Waals surface area contributed by atoms with Crippen LogP contribution in [0.4, 0.5) is 0 Å². The first-order chi connectivity index (χ1) is 10.7. The zero-order valence-corrected chi connectivity index (χ0v) is 15.8. The summed E-state index contributed by atoms with van der Waals surface area (Å²) in [5.74, 6) is 0.363. The van der Waals surface area contributed by atoms with Gasteiger partial charge in [0.15, 0.2) is 0 Å². The number of hydrogen-bond acceptors (Lipinski definition) is 2. The standard InChI is InChI=1S/2C10H14O.Mg/c2*1-2-3-6-9-7-4-5-8-10(9)11;/h2*4-5,7-8,11H,2-3,6H2,1H3;/q;;+2/p-2. The van der Waals surface area contributed by atoms with E-state index in [1.165, 1.54) is 0 Å². The first kappa shape index (κ1) is 21.8. The third-order valence-corrected chi connectivity index (χ3v) is 3.54. The van der Waals surface area contributed by atoms with Gasteiger partial charge >= 0.3 is 23.1 Å². The molecule has 0 aliphatic rings. The zero-order valence-electron chi connectivity index (χ0n) is 14.4. The van der Waals surface area contributed by atoms with Crippen LogP contribution < -0.4 is 10.2 Å². The molecule has 2 nitrogen and oxygen atoms in total. The molecule has 23 heavy (non-hydrogen) atoms. The molecule has 0 fully saturated rings. The van der Waals surface area contributed by atoms with Gasteiger partial charge in [0.25, 0.3) is 0 Å². The van der Waals surface area contributed by atoms with E-state index in [0.717, 1.165) is 49.7 Å². The normalized spacial score (nSPS) is 9.48. The van der Waals surface area contributed by atoms with Crippen LogP contribution in [0, 0.1) is 0 Å². The Morgan fingerprint density at radius 1 is 0.652 bits per heavy atom. The summed E-state index contributed by atoms with van der Waals surface area (Å²) in [7, 11) is 0. The predicted octanol–water partition coefficient (Wildman–Crippen LogP) is 3.82. The fourth-order valence-corrected chi connectivity index (χ4v) is 2.16. The largest absolute Gasteiger partial charge is 2.00 e. The van der Waals surface area contributed by atoms with Gasteiger partial charge in [0.1, 0.15) is 0 Å². The summed E-state index contributed by atoms with van der Waals surface area (Å²) < 4.78 is 0. The molecule has 2 aromatic rings. The van der Waals surface area contributed by atoms with Crippen LogP contribution in [0.2, 0.25) is 0 Å². The van der Waals surface area contributed by atoms with Gasteiger partial charge in [-0.15, -0.1) is 11.5 Å². The van der Waals surface area contributed by atoms with Crippen molar-refractivity contribution >= 4 is 23.1 Å². The molecule has 2 aromatic carbocycles. The van der Waals surface area contributed by atoms with Gasteiger partial charge < -0.3 is 10.2 Å². The summed E-state index contributed by atoms with van der Waals surface area (Å²) in [5.41, 5.74) is 1.91. The van der Waals surface area contributed by atoms with E-state index in [-0.39, 0.29) is 34.6 Å². The van der Waals surface area contributed by atoms with Crippen molar-refractivity contribution in [1.82, 2.24) is 0 Å². The summed E-state index contributed by atoms with van der Waals surface area (Å²) in [6, 6.07) is 14.5. The third-order valence-electron chi connectivity index (χ3n) is 3.54. The monoisotopic (exact) mass is 322 g/mol. The molecule has 0 saturated carbocycles. The minimum atomic E-state index is 0. The fourth-order valence-electron chi connectivity index (χ4n) is 2.16. The van der Waals surface area contributed by atoms with Crippen molar-refractivity contribution in [3.05, 3.63) is 59.7 Å². The van der Waals surface area contributed by atoms with E-state index in [1.54, 1.807) is 24.3 Å². The molecule has 0 aromatic heterocycles. The van der Waals surface area contributed by atoms with Crippen molar-refractivity contribution in [3.63, 3.8) is 0 Å². The summed E-state index contributed by atoms with van der Waals surface area (Å²) >= 11 is 0. The van der Waals surface area contributed by atoms with E-state index in [9.17, 15) is 10.2 Å². The fraction of sp³-hybridized carbons (Fsp3) is 0.400. The molecule has 3 heteroatoms. The summed E-state index contributed by atoms with van der Waals surface area (Å²) in [4.78, 5) is 0. The van der Waals surface area contributed by atoms with Crippen LogP contribution in [0.3, 0.4) is 0 Å². The number of aryl methyl sites for hydroxylation is 2. The van der Waals surface area contributed by atoms with E-state index < -0.39 is 0 Å². The topological polar surface area (TPSA) is 46.1 Å². The third kappa shape index (κ3) is 8.87. The Labute approximate surface area is 156 Å². The smallest absolute Gasteiger partial charge is 0.872 e. The molecule has 0 spiro atoms. The Bertz CT molecular complexity index is 491. The van der Waals surface area contributed by atoms with Gasteiger partial charge in [-0.25, -0.2) is 0 Å². The van der Waals surface area contributed by atoms with Crippen LogP contribution >= 0.6 is 0 Å². The second-order valence-electron chi connectivity index (χ2n) is 5.42. The van der Waals surface area contributed by atoms with Crippen LogP contribution in [0.25, 0.3) is 0 Å². The van der Waals surface area contributed by atoms with E-state index >= 15 is 0 Å². The summed E-state index contributed by atoms with van der Waals surface area (Å²) in [5, 5.41) is 22.3. The maximum atomic E-state index is 11.1. The first-order valence-corrected chi connectivity index (χ1v) is 8.18. The molecule has 0 unspecified atom stereocenters. The molecule has 0 aliphatic heterocycles. The van der Waals surface area contributed by atoms with Gasteiger partial charge in [-0.1, -0.05) is 86.3 Å². The van der Waals surface area contributed by atoms with Crippen molar-refractivity contribution in [2.45, 2.75) is 52.4 Å². The Hall–Kier alpha value is -1.19. The molecule has 120 valence electrons. The van der Waals surface area contributed by atoms with Crippen molar-refractivity contribution in [3.8, 4) is 11.5 Å². The molecule has 0 aliphatic carbocycles. The van der Waals surface area contributed by atoms with Gasteiger partial charge in [-0.3, -0.25) is 0 Å². The van der Waals surface area contributed by atoms with Crippen LogP contribution in [-0.4, -0.2) is 23.1 Å². The molecular weight excluding hydrogens is 297 g/mol. The van der Waals surface area contributed by atoms with Crippen molar-refractivity contribution < 1.29 is 10.2 Å². The first-order valence-electron chi connectivity index (χ1n) is 8.18. The van der Waals surface area contributed by atoms with Crippen molar-refractivity contribution in [2.24, 2.45) is 0 Å². The minimum absolute atomic E-state index is 0. The number of unbranched alkanes of at least 4 members (excludes halogenated alkanes) is 2. The van der Waals surface area contributed by atoms with Gasteiger partial charge in [0.05, 0.1) is 0 Å². The maximum absolute atomic E-state index is 11.1. The van der Waals surface area contributed by atoms with Gasteiger partial charge in [-0.2, -0.15) is 0 Å². The van der Waals surface area contributed by atoms with Crippen LogP contribution in [-0.2, 0) is 12.8 Å². The average molecular weight is 323 g/mol. The quantitative estimate of drug-likeness (QED) is 0.759. The van der Waals surface area contributed by atoms with E-state index in [2.05, 4.69) is 13.8 Å². The van der Waals surface area contributed by atoms with E-state index in [4.69, 9.17) is 0 Å². The van der Waals surface area contributed by atoms with Gasteiger partial charge in [-0.05, 0) is 25.7 Å². The number of benzene rings is 2. The number of rotatable bonds is 6. The number of para-hydroxylation sites is 2. The summed E-state index contributed by atoms with van der Waals surface area (Å²) in [6.45, 7) is 4.26. The average Bonchev–Trinajstić information content (AvgIpc) is 2.54. The van der Waals surface area contributed by atoms with Crippen LogP contribution in [0.15, 0.2) is 48.5 Å². The van der Waals surface area contributed by atoms with Crippen molar-refractivity contribution in [1.29, 1.82) is 0 Å². The van der Waals surface area contributed by atoms with Crippen molar-refractivity contribution in [2.75, 3.05) is 0 Å². The Morgan fingerprint density at radius 3 is 1.30 bits per heavy atom. The Balaban J connectivity index is 0.000000403. The Kier molecular flexibility index (Phi) is 12.6. The molecule has 0 atom stereocenters. The molecule has 0 amide bonds. The molecule has 0 saturated heterocycles. The molecular formula is C20H26MgO2. The van der Waals surface area contributed by atoms with E-state index in [0.29, 0.717) is 0 Å². The number of hydrogen-bond donors (Lipinski definition) is 0. The molecule has 2 rings (SSSR count). The zero-order chi connectivity index (χ0) is 16.2. The van der Waals surface area contributed by atoms with E-state index in [1.807, 2.05) is 24.3 Å². The second-order valence-corrected chi connectivity index (χ2v) is 5.42.